The normalized spacial score (nSPS) is 12.7. The zero-order valence-corrected chi connectivity index (χ0v) is 57.6. The average molecular weight is 1200 g/mol. The molecule has 85 heavy (non-hydrogen) atoms. The van der Waals surface area contributed by atoms with Gasteiger partial charge in [0.05, 0.1) is 25.4 Å². The van der Waals surface area contributed by atoms with Crippen LogP contribution < -0.4 is 5.32 Å². The van der Waals surface area contributed by atoms with E-state index >= 15 is 0 Å². The van der Waals surface area contributed by atoms with E-state index in [4.69, 9.17) is 4.74 Å². The SMILES string of the molecule is CCCCCCCCCCCCCCCCC/C=C/C(O)C(CO)NC(=O)CCCCCCCCCCCCCCCCCCC/C=C\C/C=C\CCCCCCCCCCCCCCCOC(=O)CCCCCCCCCCCCCCCC. The van der Waals surface area contributed by atoms with Crippen LogP contribution in [-0.4, -0.2) is 47.4 Å². The smallest absolute Gasteiger partial charge is 0.305 e. The molecular weight excluding hydrogens is 1040 g/mol. The molecule has 0 saturated heterocycles. The number of carbonyl (C=O) groups excluding carboxylic acids is 2. The van der Waals surface area contributed by atoms with Crippen molar-refractivity contribution in [3.8, 4) is 0 Å². The van der Waals surface area contributed by atoms with Gasteiger partial charge in [0.2, 0.25) is 5.91 Å². The highest BCUT2D eigenvalue weighted by Crippen LogP contribution is 2.19. The third-order valence-electron chi connectivity index (χ3n) is 18.2. The van der Waals surface area contributed by atoms with Crippen molar-refractivity contribution in [3.05, 3.63) is 36.5 Å². The van der Waals surface area contributed by atoms with Gasteiger partial charge in [-0.2, -0.15) is 0 Å². The molecule has 0 aliphatic rings. The lowest BCUT2D eigenvalue weighted by atomic mass is 10.0. The minimum atomic E-state index is -0.843. The van der Waals surface area contributed by atoms with E-state index < -0.39 is 12.1 Å². The van der Waals surface area contributed by atoms with Gasteiger partial charge in [0.1, 0.15) is 0 Å². The summed E-state index contributed by atoms with van der Waals surface area (Å²) >= 11 is 0. The van der Waals surface area contributed by atoms with Crippen LogP contribution in [0.2, 0.25) is 0 Å². The molecule has 0 rings (SSSR count). The number of amides is 1. The number of aliphatic hydroxyl groups excluding tert-OH is 2. The molecule has 0 bridgehead atoms. The Morgan fingerprint density at radius 2 is 0.588 bits per heavy atom. The molecule has 6 heteroatoms. The number of hydrogen-bond donors (Lipinski definition) is 3. The molecule has 0 spiro atoms. The molecule has 0 fully saturated rings. The standard InChI is InChI=1S/C79H151NO5/c1-3-5-7-9-11-13-15-17-19-41-44-47-51-55-59-63-67-71-77(82)76(75-81)80-78(83)72-68-64-60-56-52-48-45-42-39-37-35-33-31-29-27-25-23-21-20-22-24-26-28-30-32-34-36-38-40-43-46-50-54-58-62-66-70-74-85-79(84)73-69-65-61-57-53-49-18-16-14-12-10-8-6-4-2/h20,22,26,28,67,71,76-77,81-82H,3-19,21,23-25,27,29-66,68-70,72-75H2,1-2H3,(H,80,83)/b22-20-,28-26-,71-67+. The molecule has 0 aromatic rings. The molecule has 2 unspecified atom stereocenters. The Bertz CT molecular complexity index is 1380. The summed E-state index contributed by atoms with van der Waals surface area (Å²) in [5, 5.41) is 23.2. The van der Waals surface area contributed by atoms with Gasteiger partial charge in [-0.25, -0.2) is 0 Å². The van der Waals surface area contributed by atoms with Crippen LogP contribution in [0, 0.1) is 0 Å². The first-order valence-corrected chi connectivity index (χ1v) is 38.8. The summed E-state index contributed by atoms with van der Waals surface area (Å²) in [5.41, 5.74) is 0. The molecular formula is C79H151NO5. The Morgan fingerprint density at radius 1 is 0.329 bits per heavy atom. The van der Waals surface area contributed by atoms with E-state index in [-0.39, 0.29) is 18.5 Å². The molecule has 0 aromatic carbocycles. The second-order valence-electron chi connectivity index (χ2n) is 26.7. The van der Waals surface area contributed by atoms with Crippen LogP contribution in [0.15, 0.2) is 36.5 Å². The Morgan fingerprint density at radius 3 is 0.894 bits per heavy atom. The van der Waals surface area contributed by atoms with Gasteiger partial charge in [-0.1, -0.05) is 391 Å². The molecule has 6 nitrogen and oxygen atoms in total. The molecule has 502 valence electrons. The lowest BCUT2D eigenvalue weighted by molar-refractivity contribution is -0.143. The molecule has 3 N–H and O–H groups in total. The molecule has 0 saturated carbocycles. The van der Waals surface area contributed by atoms with Gasteiger partial charge >= 0.3 is 5.97 Å². The monoisotopic (exact) mass is 1190 g/mol. The zero-order chi connectivity index (χ0) is 61.3. The predicted molar refractivity (Wildman–Crippen MR) is 375 cm³/mol. The fraction of sp³-hybridized carbons (Fsp3) is 0.899. The topological polar surface area (TPSA) is 95.9 Å². The van der Waals surface area contributed by atoms with Gasteiger partial charge in [0.15, 0.2) is 0 Å². The molecule has 1 amide bonds. The highest BCUT2D eigenvalue weighted by molar-refractivity contribution is 5.76. The fourth-order valence-electron chi connectivity index (χ4n) is 12.3. The van der Waals surface area contributed by atoms with Gasteiger partial charge in [-0.3, -0.25) is 9.59 Å². The second-order valence-corrected chi connectivity index (χ2v) is 26.7. The Labute approximate surface area is 532 Å². The second kappa shape index (κ2) is 74.5. The summed E-state index contributed by atoms with van der Waals surface area (Å²) < 4.78 is 5.50. The van der Waals surface area contributed by atoms with E-state index in [2.05, 4.69) is 43.5 Å². The highest BCUT2D eigenvalue weighted by atomic mass is 16.5. The van der Waals surface area contributed by atoms with Crippen molar-refractivity contribution in [2.45, 2.75) is 443 Å². The van der Waals surface area contributed by atoms with Crippen LogP contribution >= 0.6 is 0 Å². The number of carbonyl (C=O) groups is 2. The average Bonchev–Trinajstić information content (AvgIpc) is 3.51. The van der Waals surface area contributed by atoms with Crippen molar-refractivity contribution < 1.29 is 24.5 Å². The number of ether oxygens (including phenoxy) is 1. The van der Waals surface area contributed by atoms with E-state index in [9.17, 15) is 19.8 Å². The van der Waals surface area contributed by atoms with Crippen molar-refractivity contribution in [3.63, 3.8) is 0 Å². The van der Waals surface area contributed by atoms with Gasteiger partial charge < -0.3 is 20.3 Å². The van der Waals surface area contributed by atoms with Crippen molar-refractivity contribution in [2.75, 3.05) is 13.2 Å². The summed E-state index contributed by atoms with van der Waals surface area (Å²) in [5.74, 6) is -0.0405. The van der Waals surface area contributed by atoms with Crippen LogP contribution in [-0.2, 0) is 14.3 Å². The molecule has 0 aromatic heterocycles. The Hall–Kier alpha value is -1.92. The third kappa shape index (κ3) is 71.0. The first kappa shape index (κ1) is 83.1. The third-order valence-corrected chi connectivity index (χ3v) is 18.2. The predicted octanol–water partition coefficient (Wildman–Crippen LogP) is 25.4. The van der Waals surface area contributed by atoms with E-state index in [1.54, 1.807) is 6.08 Å². The van der Waals surface area contributed by atoms with Crippen LogP contribution in [0.3, 0.4) is 0 Å². The van der Waals surface area contributed by atoms with E-state index in [1.165, 1.54) is 360 Å². The van der Waals surface area contributed by atoms with E-state index in [1.807, 2.05) is 6.08 Å². The van der Waals surface area contributed by atoms with Crippen LogP contribution in [0.25, 0.3) is 0 Å². The molecule has 0 radical (unpaired) electrons. The van der Waals surface area contributed by atoms with Crippen molar-refractivity contribution >= 4 is 11.9 Å². The zero-order valence-electron chi connectivity index (χ0n) is 57.6. The number of rotatable bonds is 73. The number of unbranched alkanes of at least 4 members (excludes halogenated alkanes) is 58. The Kier molecular flexibility index (Phi) is 72.9. The summed E-state index contributed by atoms with van der Waals surface area (Å²) in [6.45, 7) is 4.95. The van der Waals surface area contributed by atoms with E-state index in [0.29, 0.717) is 19.4 Å². The number of esters is 1. The summed E-state index contributed by atoms with van der Waals surface area (Å²) in [6.07, 6.45) is 96.9. The van der Waals surface area contributed by atoms with Gasteiger partial charge in [0.25, 0.3) is 0 Å². The lowest BCUT2D eigenvalue weighted by Gasteiger charge is -2.20. The maximum atomic E-state index is 12.5. The van der Waals surface area contributed by atoms with Crippen LogP contribution in [0.1, 0.15) is 431 Å². The van der Waals surface area contributed by atoms with Gasteiger partial charge in [-0.05, 0) is 64.2 Å². The minimum Gasteiger partial charge on any atom is -0.466 e. The first-order valence-electron chi connectivity index (χ1n) is 38.8. The number of nitrogens with one attached hydrogen (secondary N) is 1. The summed E-state index contributed by atoms with van der Waals surface area (Å²) in [7, 11) is 0. The van der Waals surface area contributed by atoms with Crippen LogP contribution in [0.4, 0.5) is 0 Å². The molecule has 0 aliphatic carbocycles. The van der Waals surface area contributed by atoms with Crippen molar-refractivity contribution in [2.24, 2.45) is 0 Å². The van der Waals surface area contributed by atoms with Crippen LogP contribution in [0.5, 0.6) is 0 Å². The first-order chi connectivity index (χ1) is 42.0. The highest BCUT2D eigenvalue weighted by Gasteiger charge is 2.18. The molecule has 0 aliphatic heterocycles. The minimum absolute atomic E-state index is 0.0214. The number of hydrogen-bond acceptors (Lipinski definition) is 5. The largest absolute Gasteiger partial charge is 0.466 e. The number of allylic oxidation sites excluding steroid dienone is 5. The van der Waals surface area contributed by atoms with Crippen molar-refractivity contribution in [1.29, 1.82) is 0 Å². The quantitative estimate of drug-likeness (QED) is 0.0320. The van der Waals surface area contributed by atoms with Crippen molar-refractivity contribution in [1.82, 2.24) is 5.32 Å². The summed E-state index contributed by atoms with van der Waals surface area (Å²) in [6, 6.07) is -0.626. The van der Waals surface area contributed by atoms with Gasteiger partial charge in [-0.15, -0.1) is 0 Å². The fourth-order valence-corrected chi connectivity index (χ4v) is 12.3. The molecule has 2 atom stereocenters. The Balaban J connectivity index is 3.37. The van der Waals surface area contributed by atoms with E-state index in [0.717, 1.165) is 44.9 Å². The lowest BCUT2D eigenvalue weighted by Crippen LogP contribution is -2.45. The number of aliphatic hydroxyl groups is 2. The maximum absolute atomic E-state index is 12.5. The maximum Gasteiger partial charge on any atom is 0.305 e. The molecule has 0 heterocycles. The summed E-state index contributed by atoms with van der Waals surface area (Å²) in [4.78, 5) is 24.6. The van der Waals surface area contributed by atoms with Gasteiger partial charge in [0, 0.05) is 12.8 Å².